The molecular weight excluding hydrogens is 372 g/mol. The fourth-order valence-corrected chi connectivity index (χ4v) is 5.74. The van der Waals surface area contributed by atoms with Crippen LogP contribution in [0.4, 0.5) is 10.5 Å². The Kier molecular flexibility index (Phi) is 7.27. The average molecular weight is 405 g/mol. The number of urea groups is 1. The molecule has 28 heavy (non-hydrogen) atoms. The van der Waals surface area contributed by atoms with E-state index in [4.69, 9.17) is 4.74 Å². The van der Waals surface area contributed by atoms with Gasteiger partial charge in [0, 0.05) is 11.4 Å². The molecule has 2 amide bonds. The fourth-order valence-electron chi connectivity index (χ4n) is 4.11. The summed E-state index contributed by atoms with van der Waals surface area (Å²) in [7, 11) is 0. The van der Waals surface area contributed by atoms with Gasteiger partial charge in [0.1, 0.15) is 6.04 Å². The summed E-state index contributed by atoms with van der Waals surface area (Å²) in [6.45, 7) is 6.43. The first-order chi connectivity index (χ1) is 13.5. The van der Waals surface area contributed by atoms with E-state index < -0.39 is 6.04 Å². The molecule has 5 nitrogen and oxygen atoms in total. The van der Waals surface area contributed by atoms with E-state index in [1.54, 1.807) is 16.7 Å². The van der Waals surface area contributed by atoms with Gasteiger partial charge in [-0.25, -0.2) is 9.59 Å². The SMILES string of the molecule is CCCOC(=O)C1CSC(C2CCCCC2)N1C(=O)Nc1cccc(C)c1C. The van der Waals surface area contributed by atoms with Crippen molar-refractivity contribution in [1.29, 1.82) is 0 Å². The third kappa shape index (κ3) is 4.65. The van der Waals surface area contributed by atoms with Gasteiger partial charge in [0.25, 0.3) is 0 Å². The molecule has 0 bridgehead atoms. The van der Waals surface area contributed by atoms with E-state index in [0.29, 0.717) is 18.3 Å². The third-order valence-electron chi connectivity index (χ3n) is 5.89. The van der Waals surface area contributed by atoms with Gasteiger partial charge in [0.15, 0.2) is 0 Å². The van der Waals surface area contributed by atoms with E-state index in [-0.39, 0.29) is 17.4 Å². The number of hydrogen-bond acceptors (Lipinski definition) is 4. The molecule has 1 saturated carbocycles. The molecular formula is C22H32N2O3S. The van der Waals surface area contributed by atoms with Crippen LogP contribution in [0.5, 0.6) is 0 Å². The topological polar surface area (TPSA) is 58.6 Å². The molecule has 1 saturated heterocycles. The molecule has 3 rings (SSSR count). The highest BCUT2D eigenvalue weighted by atomic mass is 32.2. The van der Waals surface area contributed by atoms with Gasteiger partial charge >= 0.3 is 12.0 Å². The van der Waals surface area contributed by atoms with Crippen LogP contribution < -0.4 is 5.32 Å². The van der Waals surface area contributed by atoms with Crippen LogP contribution in [0.15, 0.2) is 18.2 Å². The van der Waals surface area contributed by atoms with Crippen LogP contribution in [-0.2, 0) is 9.53 Å². The number of thioether (sulfide) groups is 1. The predicted molar refractivity (Wildman–Crippen MR) is 115 cm³/mol. The lowest BCUT2D eigenvalue weighted by molar-refractivity contribution is -0.148. The normalized spacial score (nSPS) is 22.9. The summed E-state index contributed by atoms with van der Waals surface area (Å²) in [4.78, 5) is 27.8. The molecule has 1 N–H and O–H groups in total. The van der Waals surface area contributed by atoms with Gasteiger partial charge in [-0.3, -0.25) is 4.90 Å². The summed E-state index contributed by atoms with van der Waals surface area (Å²) in [6, 6.07) is 5.21. The van der Waals surface area contributed by atoms with E-state index >= 15 is 0 Å². The quantitative estimate of drug-likeness (QED) is 0.693. The fraction of sp³-hybridized carbons (Fsp3) is 0.636. The highest BCUT2D eigenvalue weighted by molar-refractivity contribution is 8.00. The average Bonchev–Trinajstić information content (AvgIpc) is 3.15. The Morgan fingerprint density at radius 3 is 2.68 bits per heavy atom. The number of nitrogens with one attached hydrogen (secondary N) is 1. The highest BCUT2D eigenvalue weighted by Crippen LogP contribution is 2.41. The van der Waals surface area contributed by atoms with Crippen molar-refractivity contribution in [2.45, 2.75) is 70.7 Å². The van der Waals surface area contributed by atoms with E-state index in [9.17, 15) is 9.59 Å². The second-order valence-corrected chi connectivity index (χ2v) is 9.04. The zero-order chi connectivity index (χ0) is 20.1. The molecule has 1 heterocycles. The first-order valence-electron chi connectivity index (χ1n) is 10.5. The molecule has 0 spiro atoms. The number of amides is 2. The smallest absolute Gasteiger partial charge is 0.329 e. The standard InChI is InChI=1S/C22H32N2O3S/c1-4-13-27-21(25)19-14-28-20(17-10-6-5-7-11-17)24(19)22(26)23-18-12-8-9-15(2)16(18)3/h8-9,12,17,19-20H,4-7,10-11,13-14H2,1-3H3,(H,23,26). The summed E-state index contributed by atoms with van der Waals surface area (Å²) in [6.07, 6.45) is 6.72. The number of carbonyl (C=O) groups excluding carboxylic acids is 2. The van der Waals surface area contributed by atoms with Crippen molar-refractivity contribution in [1.82, 2.24) is 4.90 Å². The minimum atomic E-state index is -0.506. The van der Waals surface area contributed by atoms with Crippen molar-refractivity contribution < 1.29 is 14.3 Å². The van der Waals surface area contributed by atoms with E-state index in [1.807, 2.05) is 39.0 Å². The van der Waals surface area contributed by atoms with Gasteiger partial charge in [-0.05, 0) is 56.2 Å². The Balaban J connectivity index is 1.81. The van der Waals surface area contributed by atoms with Crippen LogP contribution in [0.2, 0.25) is 0 Å². The molecule has 2 unspecified atom stereocenters. The van der Waals surface area contributed by atoms with E-state index in [0.717, 1.165) is 36.1 Å². The van der Waals surface area contributed by atoms with Crippen LogP contribution in [0.1, 0.15) is 56.6 Å². The van der Waals surface area contributed by atoms with Crippen molar-refractivity contribution in [3.8, 4) is 0 Å². The Morgan fingerprint density at radius 2 is 1.96 bits per heavy atom. The number of aryl methyl sites for hydroxylation is 1. The van der Waals surface area contributed by atoms with Crippen LogP contribution >= 0.6 is 11.8 Å². The number of ether oxygens (including phenoxy) is 1. The van der Waals surface area contributed by atoms with E-state index in [2.05, 4.69) is 5.32 Å². The van der Waals surface area contributed by atoms with Crippen LogP contribution in [0.3, 0.4) is 0 Å². The molecule has 0 radical (unpaired) electrons. The summed E-state index contributed by atoms with van der Waals surface area (Å²) >= 11 is 1.74. The lowest BCUT2D eigenvalue weighted by Gasteiger charge is -2.35. The van der Waals surface area contributed by atoms with Crippen LogP contribution in [0.25, 0.3) is 0 Å². The Morgan fingerprint density at radius 1 is 1.21 bits per heavy atom. The van der Waals surface area contributed by atoms with Crippen molar-refractivity contribution in [2.24, 2.45) is 5.92 Å². The van der Waals surface area contributed by atoms with Crippen molar-refractivity contribution in [3.05, 3.63) is 29.3 Å². The minimum absolute atomic E-state index is 0.0459. The Labute approximate surface area is 172 Å². The second-order valence-electron chi connectivity index (χ2n) is 7.89. The van der Waals surface area contributed by atoms with Gasteiger partial charge in [-0.2, -0.15) is 0 Å². The van der Waals surface area contributed by atoms with Crippen LogP contribution in [0, 0.1) is 19.8 Å². The van der Waals surface area contributed by atoms with Gasteiger partial charge in [-0.15, -0.1) is 11.8 Å². The largest absolute Gasteiger partial charge is 0.464 e. The summed E-state index contributed by atoms with van der Waals surface area (Å²) in [5.74, 6) is 0.792. The molecule has 1 aliphatic carbocycles. The molecule has 6 heteroatoms. The molecule has 1 aromatic carbocycles. The van der Waals surface area contributed by atoms with Gasteiger partial charge in [0.05, 0.1) is 12.0 Å². The zero-order valence-electron chi connectivity index (χ0n) is 17.2. The number of benzene rings is 1. The lowest BCUT2D eigenvalue weighted by Crippen LogP contribution is -2.50. The number of anilines is 1. The third-order valence-corrected chi connectivity index (χ3v) is 7.35. The molecule has 2 fully saturated rings. The van der Waals surface area contributed by atoms with Crippen LogP contribution in [-0.4, -0.2) is 40.7 Å². The predicted octanol–water partition coefficient (Wildman–Crippen LogP) is 5.11. The maximum absolute atomic E-state index is 13.3. The molecule has 154 valence electrons. The number of rotatable bonds is 5. The zero-order valence-corrected chi connectivity index (χ0v) is 18.0. The van der Waals surface area contributed by atoms with Crippen molar-refractivity contribution in [2.75, 3.05) is 17.7 Å². The molecule has 1 aliphatic heterocycles. The van der Waals surface area contributed by atoms with Crippen molar-refractivity contribution >= 4 is 29.4 Å². The molecule has 1 aromatic rings. The summed E-state index contributed by atoms with van der Waals surface area (Å²) < 4.78 is 5.41. The first-order valence-corrected chi connectivity index (χ1v) is 11.5. The van der Waals surface area contributed by atoms with Gasteiger partial charge in [-0.1, -0.05) is 38.3 Å². The summed E-state index contributed by atoms with van der Waals surface area (Å²) in [5.41, 5.74) is 3.00. The number of hydrogen-bond donors (Lipinski definition) is 1. The number of nitrogens with zero attached hydrogens (tertiary/aromatic N) is 1. The number of carbonyl (C=O) groups is 2. The first kappa shape index (κ1) is 21.0. The number of esters is 1. The Hall–Kier alpha value is -1.69. The van der Waals surface area contributed by atoms with Gasteiger partial charge < -0.3 is 10.1 Å². The molecule has 2 aliphatic rings. The van der Waals surface area contributed by atoms with Gasteiger partial charge in [0.2, 0.25) is 0 Å². The monoisotopic (exact) mass is 404 g/mol. The lowest BCUT2D eigenvalue weighted by atomic mass is 9.88. The Bertz CT molecular complexity index is 703. The highest BCUT2D eigenvalue weighted by Gasteiger charge is 2.45. The maximum Gasteiger partial charge on any atom is 0.329 e. The molecule has 0 aromatic heterocycles. The summed E-state index contributed by atoms with van der Waals surface area (Å²) in [5, 5.41) is 3.11. The van der Waals surface area contributed by atoms with E-state index in [1.165, 1.54) is 19.3 Å². The molecule has 2 atom stereocenters. The maximum atomic E-state index is 13.3. The second kappa shape index (κ2) is 9.68. The van der Waals surface area contributed by atoms with Crippen molar-refractivity contribution in [3.63, 3.8) is 0 Å². The minimum Gasteiger partial charge on any atom is -0.464 e.